The zero-order valence-electron chi connectivity index (χ0n) is 13.1. The van der Waals surface area contributed by atoms with Crippen LogP contribution < -0.4 is 10.6 Å². The number of hydrogen-bond acceptors (Lipinski definition) is 3. The molecular formula is C17H26N2O2. The Kier molecular flexibility index (Phi) is 5.76. The molecule has 4 nitrogen and oxygen atoms in total. The predicted molar refractivity (Wildman–Crippen MR) is 85.2 cm³/mol. The summed E-state index contributed by atoms with van der Waals surface area (Å²) in [4.78, 5) is 12.8. The summed E-state index contributed by atoms with van der Waals surface area (Å²) in [5.74, 6) is 0.139. The monoisotopic (exact) mass is 290 g/mol. The summed E-state index contributed by atoms with van der Waals surface area (Å²) in [5, 5.41) is 6.51. The van der Waals surface area contributed by atoms with Crippen LogP contribution in [0, 0.1) is 5.41 Å². The molecule has 1 aromatic carbocycles. The van der Waals surface area contributed by atoms with Crippen molar-refractivity contribution in [3.8, 4) is 0 Å². The first-order chi connectivity index (χ1) is 10.2. The molecule has 1 aromatic rings. The first kappa shape index (κ1) is 16.0. The van der Waals surface area contributed by atoms with Gasteiger partial charge in [-0.05, 0) is 31.9 Å². The number of hydrogen-bond donors (Lipinski definition) is 2. The van der Waals surface area contributed by atoms with Crippen LogP contribution in [0.15, 0.2) is 24.3 Å². The Morgan fingerprint density at radius 2 is 2.24 bits per heavy atom. The molecule has 1 saturated heterocycles. The zero-order chi connectivity index (χ0) is 15.1. The van der Waals surface area contributed by atoms with Gasteiger partial charge in [0.25, 0.3) is 0 Å². The van der Waals surface area contributed by atoms with Crippen LogP contribution in [-0.2, 0) is 16.1 Å². The lowest BCUT2D eigenvalue weighted by Crippen LogP contribution is -2.48. The number of anilines is 1. The molecule has 1 fully saturated rings. The van der Waals surface area contributed by atoms with Crippen molar-refractivity contribution >= 4 is 11.6 Å². The van der Waals surface area contributed by atoms with E-state index < -0.39 is 0 Å². The lowest BCUT2D eigenvalue weighted by atomic mass is 9.76. The topological polar surface area (TPSA) is 50.4 Å². The molecule has 2 rings (SSSR count). The SMILES string of the molecule is CCCC1(C(=O)Nc2ccccc2COC)CCCNC1. The van der Waals surface area contributed by atoms with Crippen molar-refractivity contribution in [2.45, 2.75) is 39.2 Å². The maximum atomic E-state index is 12.8. The quantitative estimate of drug-likeness (QED) is 0.847. The van der Waals surface area contributed by atoms with Crippen molar-refractivity contribution in [1.29, 1.82) is 0 Å². The van der Waals surface area contributed by atoms with Crippen molar-refractivity contribution in [2.24, 2.45) is 5.41 Å². The highest BCUT2D eigenvalue weighted by Crippen LogP contribution is 2.33. The van der Waals surface area contributed by atoms with E-state index >= 15 is 0 Å². The average molecular weight is 290 g/mol. The van der Waals surface area contributed by atoms with E-state index in [1.165, 1.54) is 0 Å². The summed E-state index contributed by atoms with van der Waals surface area (Å²) >= 11 is 0. The maximum Gasteiger partial charge on any atom is 0.231 e. The lowest BCUT2D eigenvalue weighted by Gasteiger charge is -2.36. The molecule has 1 aliphatic heterocycles. The highest BCUT2D eigenvalue weighted by atomic mass is 16.5. The van der Waals surface area contributed by atoms with E-state index in [0.717, 1.165) is 50.0 Å². The molecule has 21 heavy (non-hydrogen) atoms. The predicted octanol–water partition coefficient (Wildman–Crippen LogP) is 2.94. The highest BCUT2D eigenvalue weighted by molar-refractivity contribution is 5.96. The van der Waals surface area contributed by atoms with E-state index in [1.54, 1.807) is 7.11 Å². The van der Waals surface area contributed by atoms with Crippen LogP contribution in [0.2, 0.25) is 0 Å². The Balaban J connectivity index is 2.15. The van der Waals surface area contributed by atoms with Gasteiger partial charge in [-0.2, -0.15) is 0 Å². The fourth-order valence-electron chi connectivity index (χ4n) is 3.15. The van der Waals surface area contributed by atoms with Crippen LogP contribution in [0.3, 0.4) is 0 Å². The minimum absolute atomic E-state index is 0.139. The van der Waals surface area contributed by atoms with Crippen molar-refractivity contribution < 1.29 is 9.53 Å². The lowest BCUT2D eigenvalue weighted by molar-refractivity contribution is -0.127. The van der Waals surface area contributed by atoms with Gasteiger partial charge in [-0.15, -0.1) is 0 Å². The molecule has 0 radical (unpaired) electrons. The second-order valence-electron chi connectivity index (χ2n) is 5.85. The summed E-state index contributed by atoms with van der Waals surface area (Å²) in [6, 6.07) is 7.85. The molecule has 0 bridgehead atoms. The van der Waals surface area contributed by atoms with E-state index in [0.29, 0.717) is 6.61 Å². The third-order valence-corrected chi connectivity index (χ3v) is 4.25. The minimum Gasteiger partial charge on any atom is -0.380 e. The summed E-state index contributed by atoms with van der Waals surface area (Å²) < 4.78 is 5.20. The fourth-order valence-corrected chi connectivity index (χ4v) is 3.15. The number of amides is 1. The Morgan fingerprint density at radius 1 is 1.43 bits per heavy atom. The Morgan fingerprint density at radius 3 is 2.90 bits per heavy atom. The van der Waals surface area contributed by atoms with Gasteiger partial charge >= 0.3 is 0 Å². The van der Waals surface area contributed by atoms with Crippen LogP contribution in [0.4, 0.5) is 5.69 Å². The average Bonchev–Trinajstić information content (AvgIpc) is 2.50. The fraction of sp³-hybridized carbons (Fsp3) is 0.588. The van der Waals surface area contributed by atoms with Crippen LogP contribution in [-0.4, -0.2) is 26.1 Å². The first-order valence-electron chi connectivity index (χ1n) is 7.81. The Labute approximate surface area is 127 Å². The van der Waals surface area contributed by atoms with E-state index in [9.17, 15) is 4.79 Å². The molecule has 4 heteroatoms. The molecule has 0 aliphatic carbocycles. The van der Waals surface area contributed by atoms with Gasteiger partial charge in [-0.3, -0.25) is 4.79 Å². The number of carbonyl (C=O) groups excluding carboxylic acids is 1. The van der Waals surface area contributed by atoms with Gasteiger partial charge in [0.05, 0.1) is 12.0 Å². The van der Waals surface area contributed by atoms with Gasteiger partial charge in [0.2, 0.25) is 5.91 Å². The summed E-state index contributed by atoms with van der Waals surface area (Å²) in [6.45, 7) is 4.44. The molecule has 1 aliphatic rings. The van der Waals surface area contributed by atoms with Crippen LogP contribution in [0.25, 0.3) is 0 Å². The number of ether oxygens (including phenoxy) is 1. The van der Waals surface area contributed by atoms with Gasteiger partial charge in [0, 0.05) is 24.9 Å². The van der Waals surface area contributed by atoms with Gasteiger partial charge in [0.15, 0.2) is 0 Å². The normalized spacial score (nSPS) is 22.0. The molecular weight excluding hydrogens is 264 g/mol. The Hall–Kier alpha value is -1.39. The summed E-state index contributed by atoms with van der Waals surface area (Å²) in [7, 11) is 1.67. The number of piperidine rings is 1. The van der Waals surface area contributed by atoms with Crippen LogP contribution in [0.5, 0.6) is 0 Å². The Bertz CT molecular complexity index is 462. The number of benzene rings is 1. The summed E-state index contributed by atoms with van der Waals surface area (Å²) in [6.07, 6.45) is 3.98. The van der Waals surface area contributed by atoms with Gasteiger partial charge in [0.1, 0.15) is 0 Å². The molecule has 1 unspecified atom stereocenters. The maximum absolute atomic E-state index is 12.8. The van der Waals surface area contributed by atoms with E-state index in [1.807, 2.05) is 24.3 Å². The van der Waals surface area contributed by atoms with Crippen molar-refractivity contribution in [3.05, 3.63) is 29.8 Å². The number of methoxy groups -OCH3 is 1. The molecule has 2 N–H and O–H groups in total. The standard InChI is InChI=1S/C17H26N2O2/c1-3-9-17(10-6-11-18-13-17)16(20)19-15-8-5-4-7-14(15)12-21-2/h4-5,7-8,18H,3,6,9-13H2,1-2H3,(H,19,20). The number of rotatable bonds is 6. The second-order valence-corrected chi connectivity index (χ2v) is 5.85. The molecule has 0 spiro atoms. The van der Waals surface area contributed by atoms with Crippen LogP contribution >= 0.6 is 0 Å². The smallest absolute Gasteiger partial charge is 0.231 e. The van der Waals surface area contributed by atoms with Gasteiger partial charge in [-0.1, -0.05) is 31.5 Å². The number of para-hydroxylation sites is 1. The van der Waals surface area contributed by atoms with E-state index in [4.69, 9.17) is 4.74 Å². The van der Waals surface area contributed by atoms with E-state index in [2.05, 4.69) is 17.6 Å². The third-order valence-electron chi connectivity index (χ3n) is 4.25. The number of carbonyl (C=O) groups is 1. The molecule has 0 aromatic heterocycles. The molecule has 1 atom stereocenters. The van der Waals surface area contributed by atoms with Crippen molar-refractivity contribution in [1.82, 2.24) is 5.32 Å². The number of nitrogens with one attached hydrogen (secondary N) is 2. The minimum atomic E-state index is -0.271. The third kappa shape index (κ3) is 3.83. The summed E-state index contributed by atoms with van der Waals surface area (Å²) in [5.41, 5.74) is 1.61. The molecule has 1 amide bonds. The van der Waals surface area contributed by atoms with E-state index in [-0.39, 0.29) is 11.3 Å². The van der Waals surface area contributed by atoms with Crippen molar-refractivity contribution in [3.63, 3.8) is 0 Å². The molecule has 1 heterocycles. The van der Waals surface area contributed by atoms with Crippen molar-refractivity contribution in [2.75, 3.05) is 25.5 Å². The first-order valence-corrected chi connectivity index (χ1v) is 7.81. The largest absolute Gasteiger partial charge is 0.380 e. The van der Waals surface area contributed by atoms with Gasteiger partial charge in [-0.25, -0.2) is 0 Å². The molecule has 116 valence electrons. The highest BCUT2D eigenvalue weighted by Gasteiger charge is 2.38. The van der Waals surface area contributed by atoms with Gasteiger partial charge < -0.3 is 15.4 Å². The van der Waals surface area contributed by atoms with Crippen LogP contribution in [0.1, 0.15) is 38.2 Å². The zero-order valence-corrected chi connectivity index (χ0v) is 13.1. The second kappa shape index (κ2) is 7.57. The molecule has 0 saturated carbocycles.